The van der Waals surface area contributed by atoms with Crippen LogP contribution in [0, 0.1) is 0 Å². The number of amides is 1. The Bertz CT molecular complexity index is 852. The smallest absolute Gasteiger partial charge is 0.283 e. The molecule has 0 bridgehead atoms. The average molecular weight is 284 g/mol. The lowest BCUT2D eigenvalue weighted by Crippen LogP contribution is -2.24. The Morgan fingerprint density at radius 3 is 2.71 bits per heavy atom. The minimum Gasteiger partial charge on any atom is -0.370 e. The second kappa shape index (κ2) is 5.16. The van der Waals surface area contributed by atoms with E-state index in [9.17, 15) is 9.59 Å². The summed E-state index contributed by atoms with van der Waals surface area (Å²) in [7, 11) is 0. The van der Waals surface area contributed by atoms with Crippen molar-refractivity contribution >= 4 is 17.1 Å². The van der Waals surface area contributed by atoms with Crippen molar-refractivity contribution in [3.8, 4) is 5.69 Å². The molecule has 0 aliphatic rings. The van der Waals surface area contributed by atoms with Crippen LogP contribution in [-0.4, -0.2) is 30.5 Å². The van der Waals surface area contributed by atoms with Gasteiger partial charge in [-0.2, -0.15) is 4.68 Å². The number of aryl methyl sites for hydroxylation is 1. The van der Waals surface area contributed by atoms with Crippen LogP contribution in [0.25, 0.3) is 16.9 Å². The van der Waals surface area contributed by atoms with Gasteiger partial charge in [-0.1, -0.05) is 23.4 Å². The number of hydrogen-bond donors (Lipinski definition) is 1. The number of para-hydroxylation sites is 1. The predicted molar refractivity (Wildman–Crippen MR) is 74.7 cm³/mol. The molecule has 21 heavy (non-hydrogen) atoms. The molecular weight excluding hydrogens is 272 g/mol. The monoisotopic (exact) mass is 284 g/mol. The first kappa shape index (κ1) is 13.0. The first-order valence-corrected chi connectivity index (χ1v) is 6.31. The molecule has 0 radical (unpaired) electrons. The number of carbonyl (C=O) groups excluding carboxylic acids is 1. The van der Waals surface area contributed by atoms with Crippen molar-refractivity contribution in [2.75, 3.05) is 0 Å². The largest absolute Gasteiger partial charge is 0.370 e. The van der Waals surface area contributed by atoms with Gasteiger partial charge in [0.2, 0.25) is 5.91 Å². The standard InChI is InChI=1S/C13H12N6O2/c14-10(20)6-7-18-8-15-12-11(13(18)21)16-17-19(12)9-4-2-1-3-5-9/h1-5,8H,6-7H2,(H2,14,20). The van der Waals surface area contributed by atoms with Crippen molar-refractivity contribution in [2.45, 2.75) is 13.0 Å². The molecule has 1 amide bonds. The summed E-state index contributed by atoms with van der Waals surface area (Å²) in [5.41, 5.74) is 6.03. The highest BCUT2D eigenvalue weighted by atomic mass is 16.1. The third kappa shape index (κ3) is 2.38. The molecule has 0 fully saturated rings. The summed E-state index contributed by atoms with van der Waals surface area (Å²) in [4.78, 5) is 27.2. The maximum absolute atomic E-state index is 12.2. The Kier molecular flexibility index (Phi) is 3.19. The third-order valence-corrected chi connectivity index (χ3v) is 3.03. The Morgan fingerprint density at radius 1 is 1.24 bits per heavy atom. The van der Waals surface area contributed by atoms with Crippen LogP contribution in [0.15, 0.2) is 41.5 Å². The lowest BCUT2D eigenvalue weighted by molar-refractivity contribution is -0.118. The molecule has 0 saturated heterocycles. The van der Waals surface area contributed by atoms with Gasteiger partial charge >= 0.3 is 0 Å². The summed E-state index contributed by atoms with van der Waals surface area (Å²) >= 11 is 0. The van der Waals surface area contributed by atoms with Crippen molar-refractivity contribution in [2.24, 2.45) is 5.73 Å². The van der Waals surface area contributed by atoms with E-state index >= 15 is 0 Å². The molecule has 106 valence electrons. The second-order valence-electron chi connectivity index (χ2n) is 4.47. The van der Waals surface area contributed by atoms with Crippen molar-refractivity contribution in [3.63, 3.8) is 0 Å². The summed E-state index contributed by atoms with van der Waals surface area (Å²) in [6.07, 6.45) is 1.44. The van der Waals surface area contributed by atoms with Gasteiger partial charge in [0.1, 0.15) is 6.33 Å². The fraction of sp³-hybridized carbons (Fsp3) is 0.154. The summed E-state index contributed by atoms with van der Waals surface area (Å²) in [5.74, 6) is -0.477. The number of primary amides is 1. The molecule has 8 nitrogen and oxygen atoms in total. The SMILES string of the molecule is NC(=O)CCn1cnc2c(nnn2-c2ccccc2)c1=O. The Balaban J connectivity index is 2.07. The van der Waals surface area contributed by atoms with E-state index in [1.54, 1.807) is 0 Å². The quantitative estimate of drug-likeness (QED) is 0.716. The highest BCUT2D eigenvalue weighted by Crippen LogP contribution is 2.10. The molecule has 3 aromatic rings. The van der Waals surface area contributed by atoms with Crippen molar-refractivity contribution in [3.05, 3.63) is 47.0 Å². The van der Waals surface area contributed by atoms with Crippen LogP contribution in [-0.2, 0) is 11.3 Å². The summed E-state index contributed by atoms with van der Waals surface area (Å²) in [6, 6.07) is 9.28. The van der Waals surface area contributed by atoms with Crippen LogP contribution in [0.5, 0.6) is 0 Å². The van der Waals surface area contributed by atoms with Crippen LogP contribution >= 0.6 is 0 Å². The molecule has 0 unspecified atom stereocenters. The number of nitrogens with zero attached hydrogens (tertiary/aromatic N) is 5. The van der Waals surface area contributed by atoms with Crippen LogP contribution < -0.4 is 11.3 Å². The predicted octanol–water partition coefficient (Wildman–Crippen LogP) is -0.147. The highest BCUT2D eigenvalue weighted by molar-refractivity contribution is 5.73. The van der Waals surface area contributed by atoms with Crippen LogP contribution in [0.3, 0.4) is 0 Å². The number of hydrogen-bond acceptors (Lipinski definition) is 5. The third-order valence-electron chi connectivity index (χ3n) is 3.03. The van der Waals surface area contributed by atoms with Crippen LogP contribution in [0.4, 0.5) is 0 Å². The highest BCUT2D eigenvalue weighted by Gasteiger charge is 2.13. The Morgan fingerprint density at radius 2 is 2.00 bits per heavy atom. The molecular formula is C13H12N6O2. The van der Waals surface area contributed by atoms with Crippen molar-refractivity contribution in [1.29, 1.82) is 0 Å². The molecule has 2 heterocycles. The Labute approximate surface area is 118 Å². The Hall–Kier alpha value is -3.03. The first-order chi connectivity index (χ1) is 10.2. The van der Waals surface area contributed by atoms with Crippen LogP contribution in [0.1, 0.15) is 6.42 Å². The topological polar surface area (TPSA) is 109 Å². The van der Waals surface area contributed by atoms with E-state index in [-0.39, 0.29) is 24.0 Å². The number of fused-ring (bicyclic) bond motifs is 1. The molecule has 2 aromatic heterocycles. The summed E-state index contributed by atoms with van der Waals surface area (Å²) < 4.78 is 2.80. The molecule has 0 aliphatic heterocycles. The van der Waals surface area contributed by atoms with Gasteiger partial charge in [0, 0.05) is 13.0 Å². The van der Waals surface area contributed by atoms with Gasteiger partial charge in [0.15, 0.2) is 11.2 Å². The average Bonchev–Trinajstić information content (AvgIpc) is 2.92. The van der Waals surface area contributed by atoms with Gasteiger partial charge in [-0.25, -0.2) is 4.98 Å². The van der Waals surface area contributed by atoms with Gasteiger partial charge in [0.05, 0.1) is 5.69 Å². The van der Waals surface area contributed by atoms with Crippen LogP contribution in [0.2, 0.25) is 0 Å². The molecule has 3 rings (SSSR count). The maximum Gasteiger partial charge on any atom is 0.283 e. The second-order valence-corrected chi connectivity index (χ2v) is 4.47. The maximum atomic E-state index is 12.2. The molecule has 0 saturated carbocycles. The normalized spacial score (nSPS) is 10.9. The van der Waals surface area contributed by atoms with E-state index < -0.39 is 5.91 Å². The molecule has 1 aromatic carbocycles. The van der Waals surface area contributed by atoms with Crippen molar-refractivity contribution < 1.29 is 4.79 Å². The van der Waals surface area contributed by atoms with Gasteiger partial charge in [0.25, 0.3) is 5.56 Å². The summed E-state index contributed by atoms with van der Waals surface area (Å²) in [6.45, 7) is 0.176. The zero-order chi connectivity index (χ0) is 14.8. The van der Waals surface area contributed by atoms with Gasteiger partial charge in [-0.05, 0) is 12.1 Å². The van der Waals surface area contributed by atoms with E-state index in [2.05, 4.69) is 15.3 Å². The van der Waals surface area contributed by atoms with Crippen molar-refractivity contribution in [1.82, 2.24) is 24.5 Å². The van der Waals surface area contributed by atoms with E-state index in [1.165, 1.54) is 15.6 Å². The van der Waals surface area contributed by atoms with E-state index in [0.717, 1.165) is 5.69 Å². The number of benzene rings is 1. The zero-order valence-corrected chi connectivity index (χ0v) is 11.0. The first-order valence-electron chi connectivity index (χ1n) is 6.31. The van der Waals surface area contributed by atoms with Gasteiger partial charge < -0.3 is 5.73 Å². The molecule has 0 spiro atoms. The molecule has 0 aliphatic carbocycles. The van der Waals surface area contributed by atoms with Gasteiger partial charge in [-0.15, -0.1) is 5.10 Å². The number of rotatable bonds is 4. The zero-order valence-electron chi connectivity index (χ0n) is 11.0. The van der Waals surface area contributed by atoms with E-state index in [1.807, 2.05) is 30.3 Å². The fourth-order valence-corrected chi connectivity index (χ4v) is 1.98. The summed E-state index contributed by atoms with van der Waals surface area (Å²) in [5, 5.41) is 7.85. The minimum atomic E-state index is -0.477. The van der Waals surface area contributed by atoms with E-state index in [4.69, 9.17) is 5.73 Å². The lowest BCUT2D eigenvalue weighted by atomic mass is 10.3. The lowest BCUT2D eigenvalue weighted by Gasteiger charge is -2.03. The molecule has 2 N–H and O–H groups in total. The molecule has 0 atom stereocenters. The number of carbonyl (C=O) groups is 1. The van der Waals surface area contributed by atoms with E-state index in [0.29, 0.717) is 5.65 Å². The number of aromatic nitrogens is 5. The number of nitrogens with two attached hydrogens (primary N) is 1. The van der Waals surface area contributed by atoms with Gasteiger partial charge in [-0.3, -0.25) is 14.2 Å². The molecule has 8 heteroatoms. The minimum absolute atomic E-state index is 0.0694. The fourth-order valence-electron chi connectivity index (χ4n) is 1.98.